The molecule has 5 nitrogen and oxygen atoms in total. The maximum Gasteiger partial charge on any atom is 0.290 e. The van der Waals surface area contributed by atoms with Crippen molar-refractivity contribution in [2.24, 2.45) is 5.92 Å². The number of rotatable bonds is 3. The van der Waals surface area contributed by atoms with Crippen LogP contribution in [-0.4, -0.2) is 27.7 Å². The van der Waals surface area contributed by atoms with E-state index >= 15 is 0 Å². The second-order valence-corrected chi connectivity index (χ2v) is 7.90. The minimum absolute atomic E-state index is 0.00677. The molecule has 3 aliphatic rings. The topological polar surface area (TPSA) is 59.5 Å². The Labute approximate surface area is 168 Å². The van der Waals surface area contributed by atoms with Gasteiger partial charge in [0.15, 0.2) is 11.5 Å². The Morgan fingerprint density at radius 2 is 1.90 bits per heavy atom. The minimum atomic E-state index is -0.575. The lowest BCUT2D eigenvalue weighted by Gasteiger charge is -2.35. The number of aromatic nitrogens is 1. The summed E-state index contributed by atoms with van der Waals surface area (Å²) >= 11 is 0. The third-order valence-corrected chi connectivity index (χ3v) is 6.12. The zero-order chi connectivity index (χ0) is 20.0. The molecule has 1 aromatic carbocycles. The van der Waals surface area contributed by atoms with Gasteiger partial charge in [0.2, 0.25) is 0 Å². The van der Waals surface area contributed by atoms with Crippen LogP contribution in [0.1, 0.15) is 42.9 Å². The molecule has 3 atom stereocenters. The molecule has 0 saturated heterocycles. The fourth-order valence-corrected chi connectivity index (χ4v) is 4.74. The number of pyridine rings is 1. The van der Waals surface area contributed by atoms with Gasteiger partial charge in [-0.05, 0) is 48.6 Å². The lowest BCUT2D eigenvalue weighted by atomic mass is 9.77. The number of halogens is 1. The fraction of sp³-hybridized carbons (Fsp3) is 0.348. The summed E-state index contributed by atoms with van der Waals surface area (Å²) in [4.78, 5) is 32.5. The van der Waals surface area contributed by atoms with Crippen molar-refractivity contribution in [2.75, 3.05) is 0 Å². The largest absolute Gasteiger partial charge is 0.483 e. The van der Waals surface area contributed by atoms with Gasteiger partial charge in [0.25, 0.3) is 5.91 Å². The van der Waals surface area contributed by atoms with Crippen molar-refractivity contribution in [3.05, 3.63) is 77.1 Å². The van der Waals surface area contributed by atoms with Gasteiger partial charge in [0, 0.05) is 18.9 Å². The molecule has 1 saturated carbocycles. The zero-order valence-corrected chi connectivity index (χ0v) is 15.9. The number of carbonyl (C=O) groups excluding carboxylic acids is 2. The van der Waals surface area contributed by atoms with Gasteiger partial charge in [0.1, 0.15) is 11.9 Å². The number of amides is 1. The second kappa shape index (κ2) is 7.10. The highest BCUT2D eigenvalue weighted by atomic mass is 19.1. The van der Waals surface area contributed by atoms with Crippen LogP contribution in [0.4, 0.5) is 4.39 Å². The number of fused-ring (bicyclic) bond motifs is 1. The van der Waals surface area contributed by atoms with E-state index in [0.717, 1.165) is 31.2 Å². The van der Waals surface area contributed by atoms with Crippen LogP contribution in [0.5, 0.6) is 0 Å². The Kier molecular flexibility index (Phi) is 4.42. The maximum absolute atomic E-state index is 13.5. The van der Waals surface area contributed by atoms with Crippen LogP contribution < -0.4 is 0 Å². The molecular formula is C23H21FN2O3. The lowest BCUT2D eigenvalue weighted by molar-refractivity contribution is -0.135. The summed E-state index contributed by atoms with van der Waals surface area (Å²) in [5, 5.41) is 0. The highest BCUT2D eigenvalue weighted by Crippen LogP contribution is 2.47. The van der Waals surface area contributed by atoms with Crippen molar-refractivity contribution in [1.82, 2.24) is 9.88 Å². The Bertz CT molecular complexity index is 987. The third-order valence-electron chi connectivity index (χ3n) is 6.12. The van der Waals surface area contributed by atoms with Gasteiger partial charge in [-0.1, -0.05) is 24.6 Å². The molecule has 0 radical (unpaired) electrons. The monoisotopic (exact) mass is 392 g/mol. The first-order chi connectivity index (χ1) is 14.1. The van der Waals surface area contributed by atoms with Crippen LogP contribution in [0, 0.1) is 11.7 Å². The predicted molar refractivity (Wildman–Crippen MR) is 103 cm³/mol. The van der Waals surface area contributed by atoms with Gasteiger partial charge in [-0.3, -0.25) is 14.6 Å². The molecule has 6 heteroatoms. The summed E-state index contributed by atoms with van der Waals surface area (Å²) in [5.74, 6) is -0.652. The van der Waals surface area contributed by atoms with Gasteiger partial charge >= 0.3 is 0 Å². The number of nitrogens with zero attached hydrogens (tertiary/aromatic N) is 2. The summed E-state index contributed by atoms with van der Waals surface area (Å²) in [6.45, 7) is 0.299. The molecule has 2 aliphatic heterocycles. The number of hydrogen-bond acceptors (Lipinski definition) is 4. The molecule has 2 aromatic rings. The van der Waals surface area contributed by atoms with E-state index in [2.05, 4.69) is 4.98 Å². The third kappa shape index (κ3) is 3.03. The molecule has 3 heterocycles. The van der Waals surface area contributed by atoms with E-state index in [1.165, 1.54) is 12.1 Å². The van der Waals surface area contributed by atoms with Gasteiger partial charge in [-0.25, -0.2) is 4.39 Å². The number of benzene rings is 1. The average molecular weight is 392 g/mol. The van der Waals surface area contributed by atoms with E-state index < -0.39 is 6.04 Å². The van der Waals surface area contributed by atoms with Crippen molar-refractivity contribution in [3.63, 3.8) is 0 Å². The van der Waals surface area contributed by atoms with Crippen molar-refractivity contribution in [1.29, 1.82) is 0 Å². The minimum Gasteiger partial charge on any atom is -0.483 e. The molecule has 1 aliphatic carbocycles. The van der Waals surface area contributed by atoms with Crippen LogP contribution in [0.25, 0.3) is 0 Å². The van der Waals surface area contributed by atoms with E-state index in [1.54, 1.807) is 29.4 Å². The van der Waals surface area contributed by atoms with Crippen LogP contribution in [-0.2, 0) is 20.9 Å². The van der Waals surface area contributed by atoms with Crippen LogP contribution in [0.2, 0.25) is 0 Å². The molecule has 1 amide bonds. The predicted octanol–water partition coefficient (Wildman–Crippen LogP) is 3.72. The Morgan fingerprint density at radius 1 is 1.10 bits per heavy atom. The number of ketones is 1. The standard InChI is InChI=1S/C23H21FN2O3/c24-16-9-7-15(8-10-16)20-19-21(27)17-5-1-2-6-18(17)29-22(19)23(28)26(20)13-14-4-3-11-25-12-14/h3-4,7-12,17-18,20H,1-2,5-6,13H2. The normalized spacial score (nSPS) is 26.2. The molecule has 1 fully saturated rings. The molecule has 0 N–H and O–H groups in total. The van der Waals surface area contributed by atoms with Crippen LogP contribution in [0.3, 0.4) is 0 Å². The van der Waals surface area contributed by atoms with Crippen LogP contribution >= 0.6 is 0 Å². The zero-order valence-electron chi connectivity index (χ0n) is 15.9. The van der Waals surface area contributed by atoms with Gasteiger partial charge < -0.3 is 9.64 Å². The quantitative estimate of drug-likeness (QED) is 0.799. The molecule has 148 valence electrons. The van der Waals surface area contributed by atoms with E-state index in [-0.39, 0.29) is 35.3 Å². The van der Waals surface area contributed by atoms with Crippen molar-refractivity contribution in [3.8, 4) is 0 Å². The molecule has 0 spiro atoms. The molecular weight excluding hydrogens is 371 g/mol. The molecule has 3 unspecified atom stereocenters. The van der Waals surface area contributed by atoms with Gasteiger partial charge in [-0.15, -0.1) is 0 Å². The SMILES string of the molecule is O=C1C2=C(OC3CCCCC13)C(=O)N(Cc1cccnc1)C2c1ccc(F)cc1. The van der Waals surface area contributed by atoms with Crippen molar-refractivity contribution in [2.45, 2.75) is 44.4 Å². The van der Waals surface area contributed by atoms with E-state index in [1.807, 2.05) is 12.1 Å². The first-order valence-corrected chi connectivity index (χ1v) is 10.0. The van der Waals surface area contributed by atoms with E-state index in [9.17, 15) is 14.0 Å². The van der Waals surface area contributed by atoms with Gasteiger partial charge in [-0.2, -0.15) is 0 Å². The summed E-state index contributed by atoms with van der Waals surface area (Å²) in [6, 6.07) is 9.12. The number of ether oxygens (including phenoxy) is 1. The summed E-state index contributed by atoms with van der Waals surface area (Å²) in [6.07, 6.45) is 6.74. The summed E-state index contributed by atoms with van der Waals surface area (Å²) in [5.41, 5.74) is 1.99. The lowest BCUT2D eigenvalue weighted by Crippen LogP contribution is -2.39. The Hall–Kier alpha value is -3.02. The highest BCUT2D eigenvalue weighted by Gasteiger charge is 2.51. The molecule has 5 rings (SSSR count). The fourth-order valence-electron chi connectivity index (χ4n) is 4.74. The maximum atomic E-state index is 13.5. The Morgan fingerprint density at radius 3 is 2.66 bits per heavy atom. The molecule has 1 aromatic heterocycles. The second-order valence-electron chi connectivity index (χ2n) is 7.90. The summed E-state index contributed by atoms with van der Waals surface area (Å²) in [7, 11) is 0. The number of Topliss-reactive ketones (excluding diaryl/α,β-unsaturated/α-hetero) is 1. The number of carbonyl (C=O) groups is 2. The molecule has 29 heavy (non-hydrogen) atoms. The van der Waals surface area contributed by atoms with E-state index in [4.69, 9.17) is 4.74 Å². The first kappa shape index (κ1) is 18.0. The first-order valence-electron chi connectivity index (χ1n) is 10.0. The van der Waals surface area contributed by atoms with Gasteiger partial charge in [0.05, 0.1) is 17.5 Å². The van der Waals surface area contributed by atoms with Crippen molar-refractivity contribution >= 4 is 11.7 Å². The smallest absolute Gasteiger partial charge is 0.290 e. The van der Waals surface area contributed by atoms with E-state index in [0.29, 0.717) is 17.7 Å². The van der Waals surface area contributed by atoms with Crippen molar-refractivity contribution < 1.29 is 18.7 Å². The highest BCUT2D eigenvalue weighted by molar-refractivity contribution is 6.11. The summed E-state index contributed by atoms with van der Waals surface area (Å²) < 4.78 is 19.7. The Balaban J connectivity index is 1.58. The average Bonchev–Trinajstić information content (AvgIpc) is 3.02. The number of hydrogen-bond donors (Lipinski definition) is 0. The van der Waals surface area contributed by atoms with Crippen LogP contribution in [0.15, 0.2) is 60.1 Å². The molecule has 0 bridgehead atoms.